The number of anilines is 1. The Kier molecular flexibility index (Phi) is 3.71. The molecule has 118 valence electrons. The quantitative estimate of drug-likeness (QED) is 0.601. The lowest BCUT2D eigenvalue weighted by atomic mass is 10.1. The first-order valence-corrected chi connectivity index (χ1v) is 7.91. The Hall–Kier alpha value is -3.14. The predicted octanol–water partition coefficient (Wildman–Crippen LogP) is 4.55. The standard InChI is InChI=1S/C20H16N2O2/c23-19(11-12-20-22-17-7-3-4-8-18(17)24-20)21-16-10-9-14-5-1-2-6-15(14)13-16/h1-10,13H,11-12H2,(H,21,23). The molecule has 0 aliphatic rings. The Morgan fingerprint density at radius 3 is 2.62 bits per heavy atom. The predicted molar refractivity (Wildman–Crippen MR) is 94.9 cm³/mol. The van der Waals surface area contributed by atoms with Crippen LogP contribution in [0.15, 0.2) is 71.1 Å². The van der Waals surface area contributed by atoms with E-state index in [0.29, 0.717) is 18.7 Å². The van der Waals surface area contributed by atoms with Crippen LogP contribution in [0.3, 0.4) is 0 Å². The molecule has 0 atom stereocenters. The summed E-state index contributed by atoms with van der Waals surface area (Å²) < 4.78 is 5.64. The molecule has 0 aliphatic heterocycles. The summed E-state index contributed by atoms with van der Waals surface area (Å²) in [4.78, 5) is 16.5. The van der Waals surface area contributed by atoms with Gasteiger partial charge in [0.25, 0.3) is 0 Å². The normalized spacial score (nSPS) is 11.0. The molecule has 0 spiro atoms. The molecule has 1 N–H and O–H groups in total. The number of hydrogen-bond acceptors (Lipinski definition) is 3. The molecule has 0 radical (unpaired) electrons. The lowest BCUT2D eigenvalue weighted by Gasteiger charge is -2.06. The molecule has 0 bridgehead atoms. The van der Waals surface area contributed by atoms with E-state index >= 15 is 0 Å². The van der Waals surface area contributed by atoms with Gasteiger partial charge in [-0.05, 0) is 35.0 Å². The molecule has 4 rings (SSSR count). The highest BCUT2D eigenvalue weighted by Gasteiger charge is 2.09. The number of nitrogens with zero attached hydrogens (tertiary/aromatic N) is 1. The van der Waals surface area contributed by atoms with Gasteiger partial charge in [0.2, 0.25) is 5.91 Å². The number of aryl methyl sites for hydroxylation is 1. The van der Waals surface area contributed by atoms with Crippen molar-refractivity contribution in [3.8, 4) is 0 Å². The summed E-state index contributed by atoms with van der Waals surface area (Å²) in [5.74, 6) is 0.539. The number of nitrogens with one attached hydrogen (secondary N) is 1. The summed E-state index contributed by atoms with van der Waals surface area (Å²) in [6, 6.07) is 21.6. The number of carbonyl (C=O) groups is 1. The van der Waals surface area contributed by atoms with E-state index < -0.39 is 0 Å². The van der Waals surface area contributed by atoms with Gasteiger partial charge in [-0.2, -0.15) is 0 Å². The number of rotatable bonds is 4. The Morgan fingerprint density at radius 2 is 1.75 bits per heavy atom. The fourth-order valence-electron chi connectivity index (χ4n) is 2.74. The smallest absolute Gasteiger partial charge is 0.224 e. The zero-order chi connectivity index (χ0) is 16.4. The number of para-hydroxylation sites is 2. The molecular formula is C20H16N2O2. The van der Waals surface area contributed by atoms with E-state index in [4.69, 9.17) is 4.42 Å². The summed E-state index contributed by atoms with van der Waals surface area (Å²) in [6.45, 7) is 0. The Morgan fingerprint density at radius 1 is 0.958 bits per heavy atom. The molecule has 1 aromatic heterocycles. The lowest BCUT2D eigenvalue weighted by molar-refractivity contribution is -0.116. The molecular weight excluding hydrogens is 300 g/mol. The molecule has 0 saturated heterocycles. The van der Waals surface area contributed by atoms with E-state index in [1.165, 1.54) is 0 Å². The van der Waals surface area contributed by atoms with E-state index in [1.54, 1.807) is 0 Å². The minimum Gasteiger partial charge on any atom is -0.441 e. The summed E-state index contributed by atoms with van der Waals surface area (Å²) in [6.07, 6.45) is 0.813. The van der Waals surface area contributed by atoms with Gasteiger partial charge in [-0.15, -0.1) is 0 Å². The summed E-state index contributed by atoms with van der Waals surface area (Å²) in [5, 5.41) is 5.19. The maximum Gasteiger partial charge on any atom is 0.224 e. The second kappa shape index (κ2) is 6.16. The molecule has 0 saturated carbocycles. The van der Waals surface area contributed by atoms with Gasteiger partial charge in [-0.25, -0.2) is 4.98 Å². The van der Waals surface area contributed by atoms with Crippen LogP contribution in [0.25, 0.3) is 21.9 Å². The molecule has 24 heavy (non-hydrogen) atoms. The molecule has 4 aromatic rings. The van der Waals surface area contributed by atoms with Crippen LogP contribution in [0, 0.1) is 0 Å². The first-order chi connectivity index (χ1) is 11.8. The minimum atomic E-state index is -0.0486. The van der Waals surface area contributed by atoms with Crippen molar-refractivity contribution in [3.63, 3.8) is 0 Å². The maximum absolute atomic E-state index is 12.2. The van der Waals surface area contributed by atoms with Gasteiger partial charge in [0.05, 0.1) is 0 Å². The molecule has 0 aliphatic carbocycles. The SMILES string of the molecule is O=C(CCc1nc2ccccc2o1)Nc1ccc2ccccc2c1. The topological polar surface area (TPSA) is 55.1 Å². The number of amides is 1. The third kappa shape index (κ3) is 2.99. The van der Waals surface area contributed by atoms with Crippen molar-refractivity contribution in [3.05, 3.63) is 72.6 Å². The van der Waals surface area contributed by atoms with Gasteiger partial charge in [0.1, 0.15) is 5.52 Å². The highest BCUT2D eigenvalue weighted by atomic mass is 16.3. The number of carbonyl (C=O) groups excluding carboxylic acids is 1. The lowest BCUT2D eigenvalue weighted by Crippen LogP contribution is -2.12. The number of aromatic nitrogens is 1. The Labute approximate surface area is 139 Å². The first kappa shape index (κ1) is 14.5. The van der Waals surface area contributed by atoms with Gasteiger partial charge in [-0.1, -0.05) is 42.5 Å². The third-order valence-corrected chi connectivity index (χ3v) is 3.94. The van der Waals surface area contributed by atoms with Gasteiger partial charge in [0, 0.05) is 18.5 Å². The van der Waals surface area contributed by atoms with Crippen molar-refractivity contribution < 1.29 is 9.21 Å². The van der Waals surface area contributed by atoms with Crippen molar-refractivity contribution in [2.24, 2.45) is 0 Å². The maximum atomic E-state index is 12.2. The van der Waals surface area contributed by atoms with Crippen LogP contribution in [0.4, 0.5) is 5.69 Å². The van der Waals surface area contributed by atoms with E-state index in [2.05, 4.69) is 10.3 Å². The van der Waals surface area contributed by atoms with Crippen molar-refractivity contribution >= 4 is 33.5 Å². The Bertz CT molecular complexity index is 987. The van der Waals surface area contributed by atoms with Gasteiger partial charge >= 0.3 is 0 Å². The van der Waals surface area contributed by atoms with Crippen LogP contribution < -0.4 is 5.32 Å². The van der Waals surface area contributed by atoms with E-state index in [9.17, 15) is 4.79 Å². The zero-order valence-electron chi connectivity index (χ0n) is 13.0. The summed E-state index contributed by atoms with van der Waals surface area (Å²) >= 11 is 0. The molecule has 4 nitrogen and oxygen atoms in total. The molecule has 0 unspecified atom stereocenters. The van der Waals surface area contributed by atoms with E-state index in [-0.39, 0.29) is 5.91 Å². The monoisotopic (exact) mass is 316 g/mol. The van der Waals surface area contributed by atoms with Crippen LogP contribution in [0.2, 0.25) is 0 Å². The Balaban J connectivity index is 1.42. The van der Waals surface area contributed by atoms with E-state index in [1.807, 2.05) is 66.7 Å². The van der Waals surface area contributed by atoms with Crippen LogP contribution in [-0.4, -0.2) is 10.9 Å². The number of oxazole rings is 1. The average Bonchev–Trinajstić information content (AvgIpc) is 3.03. The zero-order valence-corrected chi connectivity index (χ0v) is 13.0. The van der Waals surface area contributed by atoms with Gasteiger partial charge < -0.3 is 9.73 Å². The largest absolute Gasteiger partial charge is 0.441 e. The molecule has 4 heteroatoms. The van der Waals surface area contributed by atoms with Crippen LogP contribution in [-0.2, 0) is 11.2 Å². The van der Waals surface area contributed by atoms with Gasteiger partial charge in [0.15, 0.2) is 11.5 Å². The van der Waals surface area contributed by atoms with Crippen LogP contribution >= 0.6 is 0 Å². The number of hydrogen-bond donors (Lipinski definition) is 1. The number of benzene rings is 3. The van der Waals surface area contributed by atoms with Gasteiger partial charge in [-0.3, -0.25) is 4.79 Å². The van der Waals surface area contributed by atoms with Crippen molar-refractivity contribution in [2.45, 2.75) is 12.8 Å². The summed E-state index contributed by atoms with van der Waals surface area (Å²) in [5.41, 5.74) is 2.38. The van der Waals surface area contributed by atoms with Crippen molar-refractivity contribution in [1.82, 2.24) is 4.98 Å². The van der Waals surface area contributed by atoms with E-state index in [0.717, 1.165) is 27.6 Å². The number of fused-ring (bicyclic) bond motifs is 2. The highest BCUT2D eigenvalue weighted by Crippen LogP contribution is 2.19. The molecule has 3 aromatic carbocycles. The van der Waals surface area contributed by atoms with Crippen LogP contribution in [0.1, 0.15) is 12.3 Å². The minimum absolute atomic E-state index is 0.0486. The molecule has 1 amide bonds. The average molecular weight is 316 g/mol. The van der Waals surface area contributed by atoms with Crippen molar-refractivity contribution in [1.29, 1.82) is 0 Å². The fourth-order valence-corrected chi connectivity index (χ4v) is 2.74. The fraction of sp³-hybridized carbons (Fsp3) is 0.100. The second-order valence-corrected chi connectivity index (χ2v) is 5.69. The first-order valence-electron chi connectivity index (χ1n) is 7.91. The highest BCUT2D eigenvalue weighted by molar-refractivity contribution is 5.94. The van der Waals surface area contributed by atoms with Crippen LogP contribution in [0.5, 0.6) is 0 Å². The second-order valence-electron chi connectivity index (χ2n) is 5.69. The third-order valence-electron chi connectivity index (χ3n) is 3.94. The summed E-state index contributed by atoms with van der Waals surface area (Å²) in [7, 11) is 0. The molecule has 1 heterocycles. The van der Waals surface area contributed by atoms with Crippen molar-refractivity contribution in [2.75, 3.05) is 5.32 Å². The molecule has 0 fully saturated rings.